The largest absolute Gasteiger partial charge is 0.573 e. The number of ether oxygens (including phenoxy) is 1. The van der Waals surface area contributed by atoms with Gasteiger partial charge in [-0.1, -0.05) is 150 Å². The van der Waals surface area contributed by atoms with E-state index in [4.69, 9.17) is 23.2 Å². The van der Waals surface area contributed by atoms with E-state index in [1.165, 1.54) is 38.2 Å². The van der Waals surface area contributed by atoms with Gasteiger partial charge in [-0.3, -0.25) is 43.5 Å². The van der Waals surface area contributed by atoms with Crippen LogP contribution in [0.2, 0.25) is 10.0 Å². The zero-order valence-electron chi connectivity index (χ0n) is 65.8. The molecule has 0 N–H and O–H groups in total. The summed E-state index contributed by atoms with van der Waals surface area (Å²) >= 11 is 15.9. The molecule has 8 heterocycles. The summed E-state index contributed by atoms with van der Waals surface area (Å²) in [5.41, 5.74) is 4.33. The summed E-state index contributed by atoms with van der Waals surface area (Å²) < 4.78 is 43.5. The van der Waals surface area contributed by atoms with Crippen molar-refractivity contribution in [3.8, 4) is 5.75 Å². The maximum absolute atomic E-state index is 13.6. The number of piperidine rings is 3. The van der Waals surface area contributed by atoms with Gasteiger partial charge in [0.25, 0.3) is 0 Å². The first-order valence-corrected chi connectivity index (χ1v) is 42.3. The fourth-order valence-electron chi connectivity index (χ4n) is 17.3. The average Bonchev–Trinajstić information content (AvgIpc) is 1.76. The topological polar surface area (TPSA) is 154 Å². The van der Waals surface area contributed by atoms with Crippen LogP contribution in [0.5, 0.6) is 5.75 Å². The van der Waals surface area contributed by atoms with E-state index in [0.717, 1.165) is 130 Å². The van der Waals surface area contributed by atoms with Crippen molar-refractivity contribution in [3.05, 3.63) is 187 Å². The van der Waals surface area contributed by atoms with Gasteiger partial charge in [-0.15, -0.1) is 35.8 Å². The fraction of sp³-hybridized carbons (Fsp3) is 0.529. The third-order valence-corrected chi connectivity index (χ3v) is 26.1. The molecule has 2 aromatic heterocycles. The Balaban J connectivity index is 0.000000165. The van der Waals surface area contributed by atoms with E-state index >= 15 is 0 Å². The number of fused-ring (bicyclic) bond motifs is 1. The summed E-state index contributed by atoms with van der Waals surface area (Å²) in [5, 5.41) is 5.84. The van der Waals surface area contributed by atoms with Crippen molar-refractivity contribution >= 4 is 91.4 Å². The zero-order valence-corrected chi connectivity index (χ0v) is 68.9. The van der Waals surface area contributed by atoms with Crippen LogP contribution in [0.3, 0.4) is 0 Å². The minimum absolute atomic E-state index is 0.0163. The minimum atomic E-state index is -4.74. The molecule has 598 valence electrons. The molecule has 0 bridgehead atoms. The van der Waals surface area contributed by atoms with Gasteiger partial charge < -0.3 is 34.1 Å². The molecule has 5 aromatic carbocycles. The molecule has 17 nitrogen and oxygen atoms in total. The Morgan fingerprint density at radius 1 is 0.459 bits per heavy atom. The molecule has 0 saturated carbocycles. The summed E-state index contributed by atoms with van der Waals surface area (Å²) in [4.78, 5) is 101. The van der Waals surface area contributed by atoms with E-state index in [9.17, 15) is 41.9 Å². The predicted octanol–water partition coefficient (Wildman–Crippen LogP) is 16.7. The van der Waals surface area contributed by atoms with Gasteiger partial charge in [-0.25, -0.2) is 4.98 Å². The summed E-state index contributed by atoms with van der Waals surface area (Å²) in [6.45, 7) is 29.1. The number of benzene rings is 5. The highest BCUT2D eigenvalue weighted by atomic mass is 35.5. The van der Waals surface area contributed by atoms with Crippen LogP contribution < -0.4 is 4.74 Å². The van der Waals surface area contributed by atoms with Crippen molar-refractivity contribution in [1.82, 2.24) is 49.1 Å². The number of hydrogen-bond donors (Lipinski definition) is 0. The Morgan fingerprint density at radius 2 is 0.820 bits per heavy atom. The average molecular weight is 1600 g/mol. The standard InChI is InChI=1S/C31H38ClN3O2S.C30H38F3N3O3.C26H35ClN4O2S/c1-21(2)27-20-34(16-17-35(27)30(37)18-23-12-14-33(15-13-23)22(3)36)31(24-8-10-26(32)11-9-24)29-19-25-6-4-5-7-28(25)38-29;1-21(2)27-20-35(17-18-36(27)28(38)19-23-13-15-34(16-14-23)22(3)37)29(24-7-5-4-6-8-24)25-9-11-26(12-10-25)39-30(31,32)33;1-18(2)23-17-30(25(26-28-10-15-34-26)21-4-6-22(27)7-5-21)13-14-31(23)24(33)16-20-8-11-29(12-9-20)19(3)32/h4-11,19,21,23,27,31H,12-18,20H2,1-3H3;4-12,21,23,27,29H,13-20H2,1-3H3;4-7,10,15,18,20,23,25H,8-9,11-14,16-17H2,1-3H3/t27-,31?;27-,29?;23-,25?/m111/s1. The first-order valence-electron chi connectivity index (χ1n) is 39.8. The maximum Gasteiger partial charge on any atom is 0.573 e. The number of likely N-dealkylation sites (tertiary alicyclic amines) is 3. The van der Waals surface area contributed by atoms with Gasteiger partial charge in [0.1, 0.15) is 10.8 Å². The molecule has 111 heavy (non-hydrogen) atoms. The quantitative estimate of drug-likeness (QED) is 0.0760. The van der Waals surface area contributed by atoms with E-state index in [1.54, 1.807) is 44.2 Å². The van der Waals surface area contributed by atoms with Gasteiger partial charge in [-0.05, 0) is 150 Å². The molecule has 0 radical (unpaired) electrons. The molecular weight excluding hydrogens is 1490 g/mol. The zero-order chi connectivity index (χ0) is 79.2. The first kappa shape index (κ1) is 84.5. The Hall–Kier alpha value is -7.44. The van der Waals surface area contributed by atoms with E-state index < -0.39 is 6.36 Å². The lowest BCUT2D eigenvalue weighted by Gasteiger charge is -2.47. The minimum Gasteiger partial charge on any atom is -0.406 e. The molecule has 6 atom stereocenters. The number of aromatic nitrogens is 1. The summed E-state index contributed by atoms with van der Waals surface area (Å²) in [6.07, 6.45) is 4.17. The number of hydrogen-bond acceptors (Lipinski definition) is 13. The normalized spacial score (nSPS) is 20.5. The highest BCUT2D eigenvalue weighted by molar-refractivity contribution is 7.19. The second kappa shape index (κ2) is 39.1. The SMILES string of the molecule is CC(=O)N1CCC(CC(=O)N2CCN(C(c3ccc(Cl)cc3)c3cc4ccccc4s3)C[C@@H]2C(C)C)CC1.CC(=O)N1CCC(CC(=O)N2CCN(C(c3ccc(Cl)cc3)c3nccs3)C[C@@H]2C(C)C)CC1.CC(=O)N1CCC(CC(=O)N2CCN(C(c3ccccc3)c3ccc(OC(F)(F)F)cc3)C[C@@H]2C(C)C)CC1. The monoisotopic (exact) mass is 1600 g/mol. The first-order chi connectivity index (χ1) is 53.1. The smallest absolute Gasteiger partial charge is 0.406 e. The van der Waals surface area contributed by atoms with E-state index in [0.29, 0.717) is 75.7 Å². The number of rotatable bonds is 19. The molecule has 13 rings (SSSR count). The summed E-state index contributed by atoms with van der Waals surface area (Å²) in [5.74, 6) is 2.78. The molecule has 6 amide bonds. The van der Waals surface area contributed by atoms with Gasteiger partial charge in [0.15, 0.2) is 0 Å². The number of piperazine rings is 3. The predicted molar refractivity (Wildman–Crippen MR) is 436 cm³/mol. The van der Waals surface area contributed by atoms with Crippen LogP contribution in [0, 0.1) is 35.5 Å². The van der Waals surface area contributed by atoms with Crippen LogP contribution in [0.1, 0.15) is 170 Å². The van der Waals surface area contributed by atoms with E-state index in [1.807, 2.05) is 97.1 Å². The molecule has 6 saturated heterocycles. The molecule has 7 aromatic rings. The number of alkyl halides is 3. The maximum atomic E-state index is 13.6. The van der Waals surface area contributed by atoms with Crippen LogP contribution in [0.4, 0.5) is 13.2 Å². The van der Waals surface area contributed by atoms with Crippen LogP contribution in [0.15, 0.2) is 145 Å². The number of nitrogens with zero attached hydrogens (tertiary/aromatic N) is 10. The number of carbonyl (C=O) groups excluding carboxylic acids is 6. The van der Waals surface area contributed by atoms with Gasteiger partial charge in [0.2, 0.25) is 35.4 Å². The Bertz CT molecular complexity index is 4140. The lowest BCUT2D eigenvalue weighted by molar-refractivity contribution is -0.274. The van der Waals surface area contributed by atoms with Gasteiger partial charge in [0, 0.05) is 188 Å². The Kier molecular flexibility index (Phi) is 29.7. The van der Waals surface area contributed by atoms with Crippen LogP contribution in [-0.2, 0) is 28.8 Å². The number of amides is 6. The van der Waals surface area contributed by atoms with Crippen molar-refractivity contribution in [1.29, 1.82) is 0 Å². The van der Waals surface area contributed by atoms with E-state index in [-0.39, 0.29) is 89.3 Å². The van der Waals surface area contributed by atoms with Crippen LogP contribution in [0.25, 0.3) is 10.1 Å². The van der Waals surface area contributed by atoms with Crippen molar-refractivity contribution in [2.75, 3.05) is 98.2 Å². The van der Waals surface area contributed by atoms with Crippen molar-refractivity contribution in [3.63, 3.8) is 0 Å². The molecule has 3 unspecified atom stereocenters. The fourth-order valence-corrected chi connectivity index (χ4v) is 19.5. The van der Waals surface area contributed by atoms with Crippen molar-refractivity contribution < 1.29 is 46.7 Å². The number of carbonyl (C=O) groups is 6. The Labute approximate surface area is 672 Å². The highest BCUT2D eigenvalue weighted by Crippen LogP contribution is 2.42. The summed E-state index contributed by atoms with van der Waals surface area (Å²) in [7, 11) is 0. The molecular formula is C87H111Cl2F3N10O7S2. The molecule has 6 aliphatic rings. The molecule has 24 heteroatoms. The molecule has 0 aliphatic carbocycles. The molecule has 6 fully saturated rings. The molecule has 0 spiro atoms. The van der Waals surface area contributed by atoms with Crippen molar-refractivity contribution in [2.24, 2.45) is 35.5 Å². The Morgan fingerprint density at radius 3 is 1.20 bits per heavy atom. The lowest BCUT2D eigenvalue weighted by Crippen LogP contribution is -2.58. The van der Waals surface area contributed by atoms with E-state index in [2.05, 4.69) is 130 Å². The molecule has 6 aliphatic heterocycles. The lowest BCUT2D eigenvalue weighted by atomic mass is 9.90. The second-order valence-corrected chi connectivity index (χ2v) is 35.0. The van der Waals surface area contributed by atoms with Gasteiger partial charge in [-0.2, -0.15) is 0 Å². The number of halogens is 5. The third kappa shape index (κ3) is 22.5. The number of thiazole rings is 1. The highest BCUT2D eigenvalue weighted by Gasteiger charge is 2.42. The van der Waals surface area contributed by atoms with Crippen LogP contribution in [-0.4, -0.2) is 207 Å². The second-order valence-electron chi connectivity index (χ2n) is 32.0. The summed E-state index contributed by atoms with van der Waals surface area (Å²) in [6, 6.07) is 43.6. The third-order valence-electron chi connectivity index (χ3n) is 23.6. The van der Waals surface area contributed by atoms with Crippen LogP contribution >= 0.6 is 45.9 Å². The number of thiophene rings is 1. The van der Waals surface area contributed by atoms with Gasteiger partial charge in [0.05, 0.1) is 18.1 Å². The van der Waals surface area contributed by atoms with Crippen molar-refractivity contribution in [2.45, 2.75) is 163 Å². The van der Waals surface area contributed by atoms with Gasteiger partial charge >= 0.3 is 6.36 Å².